The lowest BCUT2D eigenvalue weighted by molar-refractivity contribution is 0.434. The van der Waals surface area contributed by atoms with Crippen molar-refractivity contribution in [1.29, 1.82) is 0 Å². The first-order valence-corrected chi connectivity index (χ1v) is 8.63. The molecule has 1 atom stereocenters. The van der Waals surface area contributed by atoms with Crippen molar-refractivity contribution in [3.05, 3.63) is 29.6 Å². The highest BCUT2D eigenvalue weighted by Crippen LogP contribution is 2.25. The molecule has 2 rings (SSSR count). The van der Waals surface area contributed by atoms with E-state index in [-0.39, 0.29) is 10.8 Å². The van der Waals surface area contributed by atoms with Gasteiger partial charge in [0.05, 0.1) is 17.4 Å². The van der Waals surface area contributed by atoms with E-state index < -0.39 is 16.1 Å². The summed E-state index contributed by atoms with van der Waals surface area (Å²) in [5.74, 6) is 0.755. The molecule has 0 unspecified atom stereocenters. The summed E-state index contributed by atoms with van der Waals surface area (Å²) in [5, 5.41) is 4.19. The number of rotatable bonds is 5. The van der Waals surface area contributed by atoms with Gasteiger partial charge in [0.1, 0.15) is 10.7 Å². The number of aromatic nitrogens is 4. The van der Waals surface area contributed by atoms with E-state index in [0.29, 0.717) is 17.2 Å². The fourth-order valence-corrected chi connectivity index (χ4v) is 4.31. The minimum absolute atomic E-state index is 0.0631. The SMILES string of the molecule is Cc1nn(C)c(C)c1S(=O)(=O)N[C@H](c1nccn1C)C(C)C. The molecule has 0 radical (unpaired) electrons. The zero-order chi connectivity index (χ0) is 16.7. The first-order chi connectivity index (χ1) is 10.1. The molecule has 0 aliphatic heterocycles. The Morgan fingerprint density at radius 1 is 1.23 bits per heavy atom. The Morgan fingerprint density at radius 3 is 2.27 bits per heavy atom. The highest BCUT2D eigenvalue weighted by molar-refractivity contribution is 7.89. The summed E-state index contributed by atoms with van der Waals surface area (Å²) < 4.78 is 31.8. The lowest BCUT2D eigenvalue weighted by Crippen LogP contribution is -2.34. The monoisotopic (exact) mass is 325 g/mol. The number of nitrogens with one attached hydrogen (secondary N) is 1. The molecule has 122 valence electrons. The van der Waals surface area contributed by atoms with E-state index in [2.05, 4.69) is 14.8 Å². The lowest BCUT2D eigenvalue weighted by atomic mass is 10.1. The Balaban J connectivity index is 2.44. The minimum Gasteiger partial charge on any atom is -0.337 e. The van der Waals surface area contributed by atoms with Gasteiger partial charge in [-0.25, -0.2) is 18.1 Å². The van der Waals surface area contributed by atoms with Gasteiger partial charge in [0, 0.05) is 26.5 Å². The van der Waals surface area contributed by atoms with Crippen molar-refractivity contribution >= 4 is 10.0 Å². The minimum atomic E-state index is -3.67. The predicted molar refractivity (Wildman–Crippen MR) is 83.8 cm³/mol. The van der Waals surface area contributed by atoms with E-state index in [1.165, 1.54) is 0 Å². The topological polar surface area (TPSA) is 81.8 Å². The van der Waals surface area contributed by atoms with Gasteiger partial charge in [-0.3, -0.25) is 4.68 Å². The first kappa shape index (κ1) is 16.7. The smallest absolute Gasteiger partial charge is 0.244 e. The quantitative estimate of drug-likeness (QED) is 0.902. The Hall–Kier alpha value is -1.67. The maximum Gasteiger partial charge on any atom is 0.244 e. The molecule has 2 aromatic rings. The highest BCUT2D eigenvalue weighted by Gasteiger charge is 2.30. The number of imidazole rings is 1. The molecular formula is C14H23N5O2S. The van der Waals surface area contributed by atoms with Crippen LogP contribution in [0, 0.1) is 19.8 Å². The maximum atomic E-state index is 12.8. The van der Waals surface area contributed by atoms with Crippen LogP contribution in [0.5, 0.6) is 0 Å². The van der Waals surface area contributed by atoms with Crippen LogP contribution in [0.4, 0.5) is 0 Å². The predicted octanol–water partition coefficient (Wildman–Crippen LogP) is 1.45. The molecule has 2 aromatic heterocycles. The summed E-state index contributed by atoms with van der Waals surface area (Å²) in [6.07, 6.45) is 3.47. The molecule has 0 bridgehead atoms. The third-order valence-corrected chi connectivity index (χ3v) is 5.49. The van der Waals surface area contributed by atoms with Crippen molar-refractivity contribution in [2.75, 3.05) is 0 Å². The van der Waals surface area contributed by atoms with Crippen LogP contribution in [0.2, 0.25) is 0 Å². The second-order valence-electron chi connectivity index (χ2n) is 5.86. The molecule has 0 spiro atoms. The van der Waals surface area contributed by atoms with Crippen molar-refractivity contribution in [3.63, 3.8) is 0 Å². The largest absolute Gasteiger partial charge is 0.337 e. The van der Waals surface area contributed by atoms with E-state index >= 15 is 0 Å². The van der Waals surface area contributed by atoms with Crippen LogP contribution in [0.15, 0.2) is 17.3 Å². The summed E-state index contributed by atoms with van der Waals surface area (Å²) in [5.41, 5.74) is 1.11. The lowest BCUT2D eigenvalue weighted by Gasteiger charge is -2.22. The molecule has 0 aliphatic rings. The van der Waals surface area contributed by atoms with Gasteiger partial charge in [0.25, 0.3) is 0 Å². The van der Waals surface area contributed by atoms with E-state index in [1.54, 1.807) is 38.0 Å². The molecule has 0 fully saturated rings. The number of nitrogens with zero attached hydrogens (tertiary/aromatic N) is 4. The zero-order valence-electron chi connectivity index (χ0n) is 13.8. The van der Waals surface area contributed by atoms with Crippen molar-refractivity contribution in [3.8, 4) is 0 Å². The van der Waals surface area contributed by atoms with Crippen molar-refractivity contribution in [1.82, 2.24) is 24.1 Å². The first-order valence-electron chi connectivity index (χ1n) is 7.15. The van der Waals surface area contributed by atoms with Crippen LogP contribution in [-0.4, -0.2) is 27.7 Å². The van der Waals surface area contributed by atoms with Gasteiger partial charge in [-0.2, -0.15) is 5.10 Å². The van der Waals surface area contributed by atoms with Gasteiger partial charge in [-0.1, -0.05) is 13.8 Å². The normalized spacial score (nSPS) is 13.8. The van der Waals surface area contributed by atoms with Crippen LogP contribution in [0.1, 0.15) is 37.1 Å². The van der Waals surface area contributed by atoms with Crippen LogP contribution < -0.4 is 4.72 Å². The molecule has 1 N–H and O–H groups in total. The molecule has 8 heteroatoms. The van der Waals surface area contributed by atoms with Gasteiger partial charge >= 0.3 is 0 Å². The Bertz CT molecular complexity index is 773. The van der Waals surface area contributed by atoms with Crippen molar-refractivity contribution in [2.45, 2.75) is 38.6 Å². The number of hydrogen-bond donors (Lipinski definition) is 1. The molecule has 22 heavy (non-hydrogen) atoms. The molecule has 0 saturated heterocycles. The van der Waals surface area contributed by atoms with Gasteiger partial charge < -0.3 is 4.57 Å². The zero-order valence-corrected chi connectivity index (χ0v) is 14.6. The highest BCUT2D eigenvalue weighted by atomic mass is 32.2. The third kappa shape index (κ3) is 2.93. The second-order valence-corrected chi connectivity index (χ2v) is 7.51. The Labute approximate surface area is 131 Å². The third-order valence-electron chi connectivity index (χ3n) is 3.80. The number of hydrogen-bond acceptors (Lipinski definition) is 4. The Morgan fingerprint density at radius 2 is 1.86 bits per heavy atom. The van der Waals surface area contributed by atoms with E-state index in [0.717, 1.165) is 0 Å². The number of aryl methyl sites for hydroxylation is 3. The average Bonchev–Trinajstić information content (AvgIpc) is 2.91. The van der Waals surface area contributed by atoms with Crippen LogP contribution >= 0.6 is 0 Å². The van der Waals surface area contributed by atoms with E-state index in [4.69, 9.17) is 0 Å². The van der Waals surface area contributed by atoms with Crippen LogP contribution in [0.25, 0.3) is 0 Å². The van der Waals surface area contributed by atoms with E-state index in [1.807, 2.05) is 25.5 Å². The van der Waals surface area contributed by atoms with E-state index in [9.17, 15) is 8.42 Å². The van der Waals surface area contributed by atoms with Gasteiger partial charge in [-0.15, -0.1) is 0 Å². The molecule has 2 heterocycles. The molecule has 0 amide bonds. The molecule has 0 aromatic carbocycles. The average molecular weight is 325 g/mol. The Kier molecular flexibility index (Phi) is 4.44. The maximum absolute atomic E-state index is 12.8. The standard InChI is InChI=1S/C14H23N5O2S/c1-9(2)12(14-15-7-8-18(14)5)17-22(20,21)13-10(3)16-19(6)11(13)4/h7-9,12,17H,1-6H3/t12-/m0/s1. The van der Waals surface area contributed by atoms with Gasteiger partial charge in [-0.05, 0) is 19.8 Å². The second kappa shape index (κ2) is 5.85. The van der Waals surface area contributed by atoms with Crippen LogP contribution in [-0.2, 0) is 24.1 Å². The van der Waals surface area contributed by atoms with Gasteiger partial charge in [0.2, 0.25) is 10.0 Å². The summed E-state index contributed by atoms with van der Waals surface area (Å²) in [4.78, 5) is 4.53. The van der Waals surface area contributed by atoms with Crippen LogP contribution in [0.3, 0.4) is 0 Å². The molecular weight excluding hydrogens is 302 g/mol. The fraction of sp³-hybridized carbons (Fsp3) is 0.571. The van der Waals surface area contributed by atoms with Gasteiger partial charge in [0.15, 0.2) is 0 Å². The summed E-state index contributed by atoms with van der Waals surface area (Å²) >= 11 is 0. The van der Waals surface area contributed by atoms with Crippen molar-refractivity contribution in [2.24, 2.45) is 20.0 Å². The fourth-order valence-electron chi connectivity index (χ4n) is 2.53. The number of sulfonamides is 1. The summed E-state index contributed by atoms with van der Waals surface area (Å²) in [7, 11) is -0.0846. The summed E-state index contributed by atoms with van der Waals surface area (Å²) in [6.45, 7) is 7.38. The summed E-state index contributed by atoms with van der Waals surface area (Å²) in [6, 6.07) is -0.399. The molecule has 7 nitrogen and oxygen atoms in total. The van der Waals surface area contributed by atoms with Crippen molar-refractivity contribution < 1.29 is 8.42 Å². The molecule has 0 aliphatic carbocycles. The molecule has 0 saturated carbocycles.